The standard InChI is InChI=1S/C17H14N4OS/c1-11-6-5-7-12(10-11)15-18-19-17-21(15)20-16(23-17)13-8-3-4-9-14(13)22-2/h3-10H,1-2H3. The Balaban J connectivity index is 1.87. The monoisotopic (exact) mass is 322 g/mol. The van der Waals surface area contributed by atoms with Gasteiger partial charge in [-0.05, 0) is 25.1 Å². The summed E-state index contributed by atoms with van der Waals surface area (Å²) in [5.74, 6) is 1.55. The molecule has 0 atom stereocenters. The smallest absolute Gasteiger partial charge is 0.235 e. The third-order valence-corrected chi connectivity index (χ3v) is 4.54. The lowest BCUT2D eigenvalue weighted by molar-refractivity contribution is 0.416. The largest absolute Gasteiger partial charge is 0.496 e. The molecule has 0 aliphatic rings. The van der Waals surface area contributed by atoms with Crippen molar-refractivity contribution in [2.75, 3.05) is 7.11 Å². The molecule has 0 aliphatic heterocycles. The normalized spacial score (nSPS) is 11.0. The lowest BCUT2D eigenvalue weighted by Gasteiger charge is -2.04. The van der Waals surface area contributed by atoms with Crippen LogP contribution in [0.5, 0.6) is 5.75 Å². The highest BCUT2D eigenvalue weighted by Crippen LogP contribution is 2.33. The molecule has 0 amide bonds. The molecule has 0 radical (unpaired) electrons. The SMILES string of the molecule is COc1ccccc1-c1nn2c(-c3cccc(C)c3)nnc2s1. The van der Waals surface area contributed by atoms with Gasteiger partial charge in [-0.15, -0.1) is 10.2 Å². The van der Waals surface area contributed by atoms with Gasteiger partial charge in [-0.25, -0.2) is 0 Å². The number of aromatic nitrogens is 4. The number of hydrogen-bond acceptors (Lipinski definition) is 5. The lowest BCUT2D eigenvalue weighted by atomic mass is 10.1. The second kappa shape index (κ2) is 5.48. The summed E-state index contributed by atoms with van der Waals surface area (Å²) >= 11 is 1.50. The van der Waals surface area contributed by atoms with E-state index in [0.717, 1.165) is 32.7 Å². The molecule has 0 aliphatic carbocycles. The molecule has 0 spiro atoms. The Morgan fingerprint density at radius 3 is 2.74 bits per heavy atom. The number of aryl methyl sites for hydroxylation is 1. The molecular formula is C17H14N4OS. The molecule has 2 heterocycles. The molecule has 2 aromatic carbocycles. The Bertz CT molecular complexity index is 989. The van der Waals surface area contributed by atoms with Gasteiger partial charge >= 0.3 is 0 Å². The summed E-state index contributed by atoms with van der Waals surface area (Å²) in [4.78, 5) is 0.766. The minimum atomic E-state index is 0.751. The van der Waals surface area contributed by atoms with E-state index in [1.165, 1.54) is 16.9 Å². The van der Waals surface area contributed by atoms with E-state index >= 15 is 0 Å². The first-order valence-electron chi connectivity index (χ1n) is 7.19. The highest BCUT2D eigenvalue weighted by atomic mass is 32.1. The fraction of sp³-hybridized carbons (Fsp3) is 0.118. The number of methoxy groups -OCH3 is 1. The van der Waals surface area contributed by atoms with Crippen molar-refractivity contribution >= 4 is 16.3 Å². The molecule has 114 valence electrons. The molecule has 0 N–H and O–H groups in total. The van der Waals surface area contributed by atoms with Gasteiger partial charge in [0.2, 0.25) is 4.96 Å². The fourth-order valence-corrected chi connectivity index (χ4v) is 3.38. The number of para-hydroxylation sites is 1. The van der Waals surface area contributed by atoms with Crippen LogP contribution in [0.15, 0.2) is 48.5 Å². The predicted octanol–water partition coefficient (Wildman–Crippen LogP) is 3.84. The summed E-state index contributed by atoms with van der Waals surface area (Å²) in [5, 5.41) is 14.1. The molecule has 6 heteroatoms. The van der Waals surface area contributed by atoms with Crippen molar-refractivity contribution in [3.05, 3.63) is 54.1 Å². The van der Waals surface area contributed by atoms with E-state index in [-0.39, 0.29) is 0 Å². The summed E-state index contributed by atoms with van der Waals surface area (Å²) in [5.41, 5.74) is 3.15. The second-order valence-corrected chi connectivity index (χ2v) is 6.15. The van der Waals surface area contributed by atoms with Crippen LogP contribution in [0.3, 0.4) is 0 Å². The quantitative estimate of drug-likeness (QED) is 0.575. The van der Waals surface area contributed by atoms with E-state index in [1.807, 2.05) is 36.4 Å². The van der Waals surface area contributed by atoms with E-state index in [9.17, 15) is 0 Å². The maximum Gasteiger partial charge on any atom is 0.235 e. The van der Waals surface area contributed by atoms with Crippen molar-refractivity contribution in [3.8, 4) is 27.7 Å². The number of benzene rings is 2. The van der Waals surface area contributed by atoms with Gasteiger partial charge in [0.15, 0.2) is 10.8 Å². The lowest BCUT2D eigenvalue weighted by Crippen LogP contribution is -1.92. The molecule has 0 unspecified atom stereocenters. The highest BCUT2D eigenvalue weighted by molar-refractivity contribution is 7.19. The Morgan fingerprint density at radius 1 is 1.04 bits per heavy atom. The Hall–Kier alpha value is -2.73. The molecule has 0 saturated heterocycles. The first-order valence-corrected chi connectivity index (χ1v) is 8.00. The Labute approximate surface area is 137 Å². The van der Waals surface area contributed by atoms with Crippen LogP contribution >= 0.6 is 11.3 Å². The minimum absolute atomic E-state index is 0.751. The van der Waals surface area contributed by atoms with Gasteiger partial charge < -0.3 is 4.74 Å². The summed E-state index contributed by atoms with van der Waals surface area (Å²) < 4.78 is 7.22. The van der Waals surface area contributed by atoms with Gasteiger partial charge in [0.05, 0.1) is 12.7 Å². The number of ether oxygens (including phenoxy) is 1. The topological polar surface area (TPSA) is 52.3 Å². The van der Waals surface area contributed by atoms with E-state index in [2.05, 4.69) is 34.4 Å². The van der Waals surface area contributed by atoms with Crippen LogP contribution in [0.2, 0.25) is 0 Å². The van der Waals surface area contributed by atoms with Crippen LogP contribution in [-0.4, -0.2) is 26.9 Å². The maximum absolute atomic E-state index is 5.42. The third kappa shape index (κ3) is 2.37. The molecule has 23 heavy (non-hydrogen) atoms. The van der Waals surface area contributed by atoms with Crippen LogP contribution < -0.4 is 4.74 Å². The van der Waals surface area contributed by atoms with Crippen molar-refractivity contribution in [1.29, 1.82) is 0 Å². The van der Waals surface area contributed by atoms with Crippen LogP contribution in [0.4, 0.5) is 0 Å². The van der Waals surface area contributed by atoms with Crippen LogP contribution in [0, 0.1) is 6.92 Å². The predicted molar refractivity (Wildman–Crippen MR) is 90.8 cm³/mol. The molecule has 4 aromatic rings. The van der Waals surface area contributed by atoms with Crippen molar-refractivity contribution in [3.63, 3.8) is 0 Å². The molecule has 5 nitrogen and oxygen atoms in total. The van der Waals surface area contributed by atoms with E-state index in [4.69, 9.17) is 4.74 Å². The summed E-state index contributed by atoms with van der Waals surface area (Å²) in [6.45, 7) is 2.06. The van der Waals surface area contributed by atoms with Crippen LogP contribution in [-0.2, 0) is 0 Å². The average molecular weight is 322 g/mol. The van der Waals surface area contributed by atoms with Crippen LogP contribution in [0.25, 0.3) is 26.9 Å². The van der Waals surface area contributed by atoms with Gasteiger partial charge in [0, 0.05) is 5.56 Å². The number of fused-ring (bicyclic) bond motifs is 1. The van der Waals surface area contributed by atoms with Crippen LogP contribution in [0.1, 0.15) is 5.56 Å². The zero-order valence-corrected chi connectivity index (χ0v) is 13.5. The van der Waals surface area contributed by atoms with Crippen molar-refractivity contribution in [1.82, 2.24) is 19.8 Å². The first-order chi connectivity index (χ1) is 11.3. The molecule has 0 bridgehead atoms. The Morgan fingerprint density at radius 2 is 1.91 bits per heavy atom. The highest BCUT2D eigenvalue weighted by Gasteiger charge is 2.16. The third-order valence-electron chi connectivity index (χ3n) is 3.60. The summed E-state index contributed by atoms with van der Waals surface area (Å²) in [6, 6.07) is 16.0. The van der Waals surface area contributed by atoms with Gasteiger partial charge in [-0.3, -0.25) is 0 Å². The van der Waals surface area contributed by atoms with Gasteiger partial charge in [-0.1, -0.05) is 47.2 Å². The number of rotatable bonds is 3. The first kappa shape index (κ1) is 13.9. The number of nitrogens with zero attached hydrogens (tertiary/aromatic N) is 4. The van der Waals surface area contributed by atoms with Gasteiger partial charge in [-0.2, -0.15) is 9.61 Å². The van der Waals surface area contributed by atoms with Gasteiger partial charge in [0.1, 0.15) is 5.75 Å². The van der Waals surface area contributed by atoms with E-state index in [1.54, 1.807) is 11.6 Å². The molecule has 0 saturated carbocycles. The van der Waals surface area contributed by atoms with E-state index < -0.39 is 0 Å². The second-order valence-electron chi connectivity index (χ2n) is 5.19. The summed E-state index contributed by atoms with van der Waals surface area (Å²) in [7, 11) is 1.66. The van der Waals surface area contributed by atoms with Crippen molar-refractivity contribution < 1.29 is 4.74 Å². The molecule has 4 rings (SSSR count). The zero-order chi connectivity index (χ0) is 15.8. The van der Waals surface area contributed by atoms with E-state index in [0.29, 0.717) is 0 Å². The average Bonchev–Trinajstić information content (AvgIpc) is 3.15. The molecular weight excluding hydrogens is 308 g/mol. The van der Waals surface area contributed by atoms with Gasteiger partial charge in [0.25, 0.3) is 0 Å². The van der Waals surface area contributed by atoms with Crippen molar-refractivity contribution in [2.45, 2.75) is 6.92 Å². The zero-order valence-electron chi connectivity index (χ0n) is 12.7. The number of hydrogen-bond donors (Lipinski definition) is 0. The maximum atomic E-state index is 5.42. The minimum Gasteiger partial charge on any atom is -0.496 e. The fourth-order valence-electron chi connectivity index (χ4n) is 2.51. The van der Waals surface area contributed by atoms with Crippen molar-refractivity contribution in [2.24, 2.45) is 0 Å². The molecule has 0 fully saturated rings. The summed E-state index contributed by atoms with van der Waals surface area (Å²) in [6.07, 6.45) is 0. The Kier molecular flexibility index (Phi) is 3.31. The molecule has 2 aromatic heterocycles.